The average molecular weight is 435 g/mol. The van der Waals surface area contributed by atoms with Gasteiger partial charge in [-0.25, -0.2) is 8.42 Å². The van der Waals surface area contributed by atoms with Crippen LogP contribution in [0.3, 0.4) is 0 Å². The number of hydrogen-bond donors (Lipinski definition) is 2. The summed E-state index contributed by atoms with van der Waals surface area (Å²) in [5.41, 5.74) is 1.52. The lowest BCUT2D eigenvalue weighted by Gasteiger charge is -2.10. The molecule has 0 atom stereocenters. The van der Waals surface area contributed by atoms with Crippen LogP contribution in [0.2, 0.25) is 10.0 Å². The van der Waals surface area contributed by atoms with Crippen molar-refractivity contribution >= 4 is 44.8 Å². The molecule has 2 N–H and O–H groups in total. The van der Waals surface area contributed by atoms with Crippen LogP contribution in [0.4, 0.5) is 5.69 Å². The fourth-order valence-electron chi connectivity index (χ4n) is 2.44. The maximum atomic E-state index is 12.5. The minimum atomic E-state index is -3.78. The average Bonchev–Trinajstić information content (AvgIpc) is 2.67. The van der Waals surface area contributed by atoms with E-state index >= 15 is 0 Å². The molecule has 28 heavy (non-hydrogen) atoms. The van der Waals surface area contributed by atoms with Crippen LogP contribution in [-0.4, -0.2) is 14.3 Å². The molecule has 0 aliphatic carbocycles. The van der Waals surface area contributed by atoms with Crippen LogP contribution in [0.15, 0.2) is 77.7 Å². The number of carbonyl (C=O) groups is 1. The summed E-state index contributed by atoms with van der Waals surface area (Å²) in [6, 6.07) is 19.2. The second-order valence-corrected chi connectivity index (χ2v) is 8.50. The van der Waals surface area contributed by atoms with E-state index < -0.39 is 10.0 Å². The van der Waals surface area contributed by atoms with E-state index in [1.807, 2.05) is 12.1 Å². The summed E-state index contributed by atoms with van der Waals surface area (Å²) in [5.74, 6) is -0.317. The second kappa shape index (κ2) is 8.65. The lowest BCUT2D eigenvalue weighted by molar-refractivity contribution is 0.0951. The van der Waals surface area contributed by atoms with Crippen molar-refractivity contribution in [3.63, 3.8) is 0 Å². The standard InChI is InChI=1S/C20H16Cl2N2O3S/c21-16-6-4-14(5-7-16)13-23-20(25)15-2-1-3-18(12-15)24-28(26,27)19-10-8-17(22)9-11-19/h1-12,24H,13H2,(H,23,25). The summed E-state index contributed by atoms with van der Waals surface area (Å²) < 4.78 is 27.4. The van der Waals surface area contributed by atoms with Crippen LogP contribution in [0, 0.1) is 0 Å². The van der Waals surface area contributed by atoms with Crippen molar-refractivity contribution in [2.45, 2.75) is 11.4 Å². The molecular formula is C20H16Cl2N2O3S. The molecule has 3 rings (SSSR count). The van der Waals surface area contributed by atoms with Gasteiger partial charge in [-0.3, -0.25) is 9.52 Å². The van der Waals surface area contributed by atoms with E-state index in [0.29, 0.717) is 22.2 Å². The van der Waals surface area contributed by atoms with Crippen molar-refractivity contribution in [2.24, 2.45) is 0 Å². The molecule has 3 aromatic carbocycles. The van der Waals surface area contributed by atoms with Crippen molar-refractivity contribution < 1.29 is 13.2 Å². The van der Waals surface area contributed by atoms with E-state index in [1.54, 1.807) is 30.3 Å². The first-order valence-electron chi connectivity index (χ1n) is 8.24. The van der Waals surface area contributed by atoms with E-state index in [-0.39, 0.29) is 16.5 Å². The van der Waals surface area contributed by atoms with Crippen LogP contribution in [-0.2, 0) is 16.6 Å². The molecule has 8 heteroatoms. The lowest BCUT2D eigenvalue weighted by Crippen LogP contribution is -2.23. The molecular weight excluding hydrogens is 419 g/mol. The fourth-order valence-corrected chi connectivity index (χ4v) is 3.74. The van der Waals surface area contributed by atoms with E-state index in [0.717, 1.165) is 5.56 Å². The van der Waals surface area contributed by atoms with Crippen LogP contribution >= 0.6 is 23.2 Å². The Kier molecular flexibility index (Phi) is 6.24. The Morgan fingerprint density at radius 2 is 1.46 bits per heavy atom. The number of amides is 1. The molecule has 0 fully saturated rings. The molecule has 0 radical (unpaired) electrons. The Labute approximate surface area is 173 Å². The van der Waals surface area contributed by atoms with Gasteiger partial charge in [0, 0.05) is 27.8 Å². The van der Waals surface area contributed by atoms with Gasteiger partial charge in [-0.2, -0.15) is 0 Å². The van der Waals surface area contributed by atoms with Gasteiger partial charge in [0.05, 0.1) is 4.90 Å². The fraction of sp³-hybridized carbons (Fsp3) is 0.0500. The van der Waals surface area contributed by atoms with Gasteiger partial charge >= 0.3 is 0 Å². The van der Waals surface area contributed by atoms with Gasteiger partial charge in [0.25, 0.3) is 15.9 Å². The summed E-state index contributed by atoms with van der Waals surface area (Å²) in [7, 11) is -3.78. The van der Waals surface area contributed by atoms with Crippen LogP contribution in [0.1, 0.15) is 15.9 Å². The van der Waals surface area contributed by atoms with Crippen molar-refractivity contribution in [1.29, 1.82) is 0 Å². The number of carbonyl (C=O) groups excluding carboxylic acids is 1. The predicted molar refractivity (Wildman–Crippen MR) is 111 cm³/mol. The molecule has 0 unspecified atom stereocenters. The number of benzene rings is 3. The minimum absolute atomic E-state index is 0.0782. The van der Waals surface area contributed by atoms with Gasteiger partial charge in [-0.1, -0.05) is 41.4 Å². The summed E-state index contributed by atoms with van der Waals surface area (Å²) >= 11 is 11.6. The van der Waals surface area contributed by atoms with E-state index in [9.17, 15) is 13.2 Å². The largest absolute Gasteiger partial charge is 0.348 e. The van der Waals surface area contributed by atoms with Crippen molar-refractivity contribution in [3.05, 3.63) is 94.0 Å². The Hall–Kier alpha value is -2.54. The smallest absolute Gasteiger partial charge is 0.261 e. The summed E-state index contributed by atoms with van der Waals surface area (Å²) in [5, 5.41) is 3.85. The molecule has 3 aromatic rings. The molecule has 5 nitrogen and oxygen atoms in total. The van der Waals surface area contributed by atoms with E-state index in [2.05, 4.69) is 10.0 Å². The highest BCUT2D eigenvalue weighted by molar-refractivity contribution is 7.92. The van der Waals surface area contributed by atoms with Crippen LogP contribution in [0.25, 0.3) is 0 Å². The number of halogens is 2. The van der Waals surface area contributed by atoms with Crippen LogP contribution in [0.5, 0.6) is 0 Å². The first-order chi connectivity index (χ1) is 13.3. The monoisotopic (exact) mass is 434 g/mol. The zero-order valence-corrected chi connectivity index (χ0v) is 16.9. The lowest BCUT2D eigenvalue weighted by atomic mass is 10.2. The molecule has 0 aromatic heterocycles. The zero-order valence-electron chi connectivity index (χ0n) is 14.5. The number of sulfonamides is 1. The molecule has 1 amide bonds. The third kappa shape index (κ3) is 5.25. The molecule has 0 aliphatic rings. The highest BCUT2D eigenvalue weighted by Gasteiger charge is 2.15. The predicted octanol–water partition coefficient (Wildman–Crippen LogP) is 4.72. The molecule has 0 saturated carbocycles. The Morgan fingerprint density at radius 1 is 0.857 bits per heavy atom. The Morgan fingerprint density at radius 3 is 2.11 bits per heavy atom. The molecule has 144 valence electrons. The van der Waals surface area contributed by atoms with Crippen molar-refractivity contribution in [3.8, 4) is 0 Å². The van der Waals surface area contributed by atoms with Gasteiger partial charge in [0.2, 0.25) is 0 Å². The molecule has 0 heterocycles. The van der Waals surface area contributed by atoms with Gasteiger partial charge in [0.1, 0.15) is 0 Å². The first-order valence-corrected chi connectivity index (χ1v) is 10.5. The summed E-state index contributed by atoms with van der Waals surface area (Å²) in [6.07, 6.45) is 0. The van der Waals surface area contributed by atoms with Gasteiger partial charge in [0.15, 0.2) is 0 Å². The third-order valence-corrected chi connectivity index (χ3v) is 5.77. The maximum Gasteiger partial charge on any atom is 0.261 e. The number of nitrogens with one attached hydrogen (secondary N) is 2. The SMILES string of the molecule is O=C(NCc1ccc(Cl)cc1)c1cccc(NS(=O)(=O)c2ccc(Cl)cc2)c1. The molecule has 0 bridgehead atoms. The topological polar surface area (TPSA) is 75.3 Å². The third-order valence-electron chi connectivity index (χ3n) is 3.87. The quantitative estimate of drug-likeness (QED) is 0.588. The molecule has 0 spiro atoms. The van der Waals surface area contributed by atoms with E-state index in [1.165, 1.54) is 30.3 Å². The van der Waals surface area contributed by atoms with Gasteiger partial charge in [-0.05, 0) is 60.2 Å². The number of hydrogen-bond acceptors (Lipinski definition) is 3. The highest BCUT2D eigenvalue weighted by Crippen LogP contribution is 2.19. The van der Waals surface area contributed by atoms with Gasteiger partial charge in [-0.15, -0.1) is 0 Å². The van der Waals surface area contributed by atoms with Crippen molar-refractivity contribution in [1.82, 2.24) is 5.32 Å². The summed E-state index contributed by atoms with van der Waals surface area (Å²) in [4.78, 5) is 12.5. The first kappa shape index (κ1) is 20.2. The van der Waals surface area contributed by atoms with Crippen LogP contribution < -0.4 is 10.0 Å². The van der Waals surface area contributed by atoms with Crippen molar-refractivity contribution in [2.75, 3.05) is 4.72 Å². The Bertz CT molecular complexity index is 1080. The zero-order chi connectivity index (χ0) is 20.1. The van der Waals surface area contributed by atoms with Gasteiger partial charge < -0.3 is 5.32 Å². The second-order valence-electron chi connectivity index (χ2n) is 5.95. The normalized spacial score (nSPS) is 11.1. The number of rotatable bonds is 6. The summed E-state index contributed by atoms with van der Waals surface area (Å²) in [6.45, 7) is 0.330. The highest BCUT2D eigenvalue weighted by atomic mass is 35.5. The Balaban J connectivity index is 1.70. The molecule has 0 aliphatic heterocycles. The maximum absolute atomic E-state index is 12.5. The minimum Gasteiger partial charge on any atom is -0.348 e. The molecule has 0 saturated heterocycles. The number of anilines is 1. The van der Waals surface area contributed by atoms with E-state index in [4.69, 9.17) is 23.2 Å².